The molecule has 8 aliphatic heterocycles. The number of hydrogen-bond donors (Lipinski definition) is 2. The number of carbonyl (C=O) groups excluding carboxylic acids is 8. The van der Waals surface area contributed by atoms with E-state index in [9.17, 15) is 10.2 Å². The monoisotopic (exact) mass is 1920 g/mol. The Labute approximate surface area is 817 Å². The summed E-state index contributed by atoms with van der Waals surface area (Å²) in [4.78, 5) is 132. The first-order chi connectivity index (χ1) is 69.6. The van der Waals surface area contributed by atoms with E-state index in [0.29, 0.717) is 39.1 Å². The average molecular weight is 1920 g/mol. The molecule has 4 saturated heterocycles. The molecule has 0 radical (unpaired) electrons. The van der Waals surface area contributed by atoms with Gasteiger partial charge in [-0.05, 0) is 112 Å². The van der Waals surface area contributed by atoms with Gasteiger partial charge >= 0.3 is 0 Å². The van der Waals surface area contributed by atoms with E-state index < -0.39 is 190 Å². The molecule has 0 saturated carbocycles. The summed E-state index contributed by atoms with van der Waals surface area (Å²) in [6, 6.07) is 87.7. The van der Waals surface area contributed by atoms with Crippen molar-refractivity contribution >= 4 is 47.3 Å². The molecule has 8 heterocycles. The van der Waals surface area contributed by atoms with Crippen LogP contribution in [0.5, 0.6) is 11.5 Å². The number of imide groups is 4. The van der Waals surface area contributed by atoms with Crippen LogP contribution in [0.15, 0.2) is 334 Å². The summed E-state index contributed by atoms with van der Waals surface area (Å²) in [7, 11) is 1.49. The highest BCUT2D eigenvalue weighted by Crippen LogP contribution is 2.47. The van der Waals surface area contributed by atoms with Gasteiger partial charge in [0.05, 0.1) is 124 Å². The summed E-state index contributed by atoms with van der Waals surface area (Å²) < 4.78 is 115. The van der Waals surface area contributed by atoms with Gasteiger partial charge in [-0.25, -0.2) is 0 Å². The van der Waals surface area contributed by atoms with Gasteiger partial charge < -0.3 is 86.0 Å². The van der Waals surface area contributed by atoms with Crippen molar-refractivity contribution < 1.29 is 124 Å². The van der Waals surface area contributed by atoms with Gasteiger partial charge in [0.15, 0.2) is 18.9 Å². The Balaban J connectivity index is 0.770. The normalized spacial score (nSPS) is 26.2. The predicted molar refractivity (Wildman–Crippen MR) is 507 cm³/mol. The number of nitrogens with zero attached hydrogens (tertiary/aromatic N) is 4. The lowest BCUT2D eigenvalue weighted by molar-refractivity contribution is -0.377. The van der Waals surface area contributed by atoms with Crippen LogP contribution in [-0.2, 0) is 113 Å². The molecule has 30 heteroatoms. The number of methoxy groups -OCH3 is 1. The van der Waals surface area contributed by atoms with E-state index in [2.05, 4.69) is 0 Å². The summed E-state index contributed by atoms with van der Waals surface area (Å²) >= 11 is 0. The van der Waals surface area contributed by atoms with E-state index in [4.69, 9.17) is 75.8 Å². The molecule has 0 bridgehead atoms. The number of fused-ring (bicyclic) bond motifs is 4. The molecule has 0 aromatic heterocycles. The zero-order valence-corrected chi connectivity index (χ0v) is 77.1. The van der Waals surface area contributed by atoms with Crippen molar-refractivity contribution in [3.8, 4) is 11.5 Å². The number of aliphatic hydroxyl groups is 2. The smallest absolute Gasteiger partial charge is 0.262 e. The molecule has 20 rings (SSSR count). The number of carbonyl (C=O) groups is 8. The van der Waals surface area contributed by atoms with Crippen LogP contribution in [0.2, 0.25) is 0 Å². The first-order valence-electron chi connectivity index (χ1n) is 47.2. The minimum Gasteiger partial charge on any atom is -0.497 e. The van der Waals surface area contributed by atoms with Crippen LogP contribution in [0.4, 0.5) is 0 Å². The Morgan fingerprint density at radius 3 is 0.739 bits per heavy atom. The summed E-state index contributed by atoms with van der Waals surface area (Å²) in [5.74, 6) is -5.99. The number of aliphatic hydroxyl groups excluding tert-OH is 2. The van der Waals surface area contributed by atoms with E-state index in [1.807, 2.05) is 133 Å². The summed E-state index contributed by atoms with van der Waals surface area (Å²) in [6.45, 7) is -3.57. The van der Waals surface area contributed by atoms with Crippen LogP contribution in [0.25, 0.3) is 0 Å². The molecule has 8 amide bonds. The number of ether oxygens (including phenoxy) is 16. The first kappa shape index (κ1) is 95.7. The van der Waals surface area contributed by atoms with Crippen molar-refractivity contribution in [1.29, 1.82) is 0 Å². The lowest BCUT2D eigenvalue weighted by Crippen LogP contribution is -2.73. The van der Waals surface area contributed by atoms with E-state index >= 15 is 38.4 Å². The van der Waals surface area contributed by atoms with Gasteiger partial charge in [0.25, 0.3) is 47.3 Å². The Morgan fingerprint density at radius 2 is 0.465 bits per heavy atom. The molecule has 142 heavy (non-hydrogen) atoms. The van der Waals surface area contributed by atoms with Crippen molar-refractivity contribution in [1.82, 2.24) is 19.6 Å². The number of rotatable bonds is 38. The van der Waals surface area contributed by atoms with Crippen LogP contribution < -0.4 is 9.47 Å². The van der Waals surface area contributed by atoms with Crippen LogP contribution in [0.3, 0.4) is 0 Å². The lowest BCUT2D eigenvalue weighted by Gasteiger charge is -2.54. The van der Waals surface area contributed by atoms with Gasteiger partial charge in [0, 0.05) is 0 Å². The van der Waals surface area contributed by atoms with Crippen LogP contribution in [0, 0.1) is 0 Å². The quantitative estimate of drug-likeness (QED) is 0.0339. The minimum atomic E-state index is -2.08. The van der Waals surface area contributed by atoms with Gasteiger partial charge in [-0.1, -0.05) is 261 Å². The molecule has 726 valence electrons. The maximum Gasteiger partial charge on any atom is 0.262 e. The van der Waals surface area contributed by atoms with Crippen molar-refractivity contribution in [3.05, 3.63) is 417 Å². The fourth-order valence-electron chi connectivity index (χ4n) is 19.7. The van der Waals surface area contributed by atoms with E-state index in [-0.39, 0.29) is 103 Å². The van der Waals surface area contributed by atoms with Gasteiger partial charge in [0.1, 0.15) is 109 Å². The van der Waals surface area contributed by atoms with Crippen LogP contribution in [0.1, 0.15) is 122 Å². The Morgan fingerprint density at radius 1 is 0.246 bits per heavy atom. The zero-order chi connectivity index (χ0) is 97.3. The molecule has 4 fully saturated rings. The van der Waals surface area contributed by atoms with Gasteiger partial charge in [-0.2, -0.15) is 0 Å². The molecule has 8 aliphatic rings. The lowest BCUT2D eigenvalue weighted by atomic mass is 9.91. The second-order valence-corrected chi connectivity index (χ2v) is 35.6. The maximum atomic E-state index is 16.5. The van der Waals surface area contributed by atoms with Crippen molar-refractivity contribution in [2.45, 2.75) is 169 Å². The summed E-state index contributed by atoms with van der Waals surface area (Å²) in [5.41, 5.74) is 4.44. The van der Waals surface area contributed by atoms with Crippen molar-refractivity contribution in [2.75, 3.05) is 33.5 Å². The van der Waals surface area contributed by atoms with Gasteiger partial charge in [-0.3, -0.25) is 58.0 Å². The van der Waals surface area contributed by atoms with E-state index in [1.54, 1.807) is 152 Å². The van der Waals surface area contributed by atoms with Gasteiger partial charge in [-0.15, -0.1) is 0 Å². The molecule has 0 unspecified atom stereocenters. The third kappa shape index (κ3) is 20.0. The largest absolute Gasteiger partial charge is 0.497 e. The molecule has 30 nitrogen and oxygen atoms in total. The zero-order valence-electron chi connectivity index (χ0n) is 77.1. The highest BCUT2D eigenvalue weighted by molar-refractivity contribution is 6.24. The number of benzene rings is 12. The van der Waals surface area contributed by atoms with Crippen LogP contribution >= 0.6 is 0 Å². The molecular weight excluding hydrogens is 1820 g/mol. The molecule has 12 aromatic carbocycles. The second-order valence-electron chi connectivity index (χ2n) is 35.6. The Kier molecular flexibility index (Phi) is 29.5. The molecule has 20 atom stereocenters. The topological polar surface area (TPSA) is 338 Å². The van der Waals surface area contributed by atoms with Crippen molar-refractivity contribution in [3.63, 3.8) is 0 Å². The molecule has 0 spiro atoms. The Bertz CT molecular complexity index is 6310. The third-order valence-corrected chi connectivity index (χ3v) is 26.7. The third-order valence-electron chi connectivity index (χ3n) is 26.7. The highest BCUT2D eigenvalue weighted by atomic mass is 16.8. The number of hydrogen-bond acceptors (Lipinski definition) is 26. The second kappa shape index (κ2) is 43.7. The van der Waals surface area contributed by atoms with Crippen molar-refractivity contribution in [2.24, 2.45) is 0 Å². The number of amides is 8. The molecular formula is C112H102N4O26. The average Bonchev–Trinajstić information content (AvgIpc) is 1.61. The maximum absolute atomic E-state index is 16.5. The Hall–Kier alpha value is -13.8. The molecule has 12 aromatic rings. The fourth-order valence-corrected chi connectivity index (χ4v) is 19.7. The van der Waals surface area contributed by atoms with Gasteiger partial charge in [0.2, 0.25) is 6.29 Å². The SMILES string of the molecule is COc1ccc(O[C@@H]2O[C@H](CO)[C@@H](O[C@@H]3O[C@H](COCc4ccccc4)[C@@H](O[C@@H]4O[C@H](COCc5ccccc5)[C@@H](O[C@@H]5O[C@H](COCc6ccccc6)[C@@H](O)[C@H](OCc6ccccc6)[C@H]5N5C(=O)c6ccccc6C5=O)[C@H](OCc5ccccc5)[C@H]4N4C(=O)c5ccccc5C4=O)[C@H](OCc4ccccc4)[C@H]3N3C(=O)c4ccccc4C3=O)[C@H](OCc3ccccc3)[C@H]2N2C(=O)c3ccccc3C2=O)cc1. The summed E-state index contributed by atoms with van der Waals surface area (Å²) in [5, 5.41) is 25.5. The highest BCUT2D eigenvalue weighted by Gasteiger charge is 2.65. The van der Waals surface area contributed by atoms with E-state index in [0.717, 1.165) is 25.2 Å². The fraction of sp³-hybridized carbons (Fsp3) is 0.286. The minimum absolute atomic E-state index is 0.0240. The summed E-state index contributed by atoms with van der Waals surface area (Å²) in [6.07, 6.45) is -27.9. The van der Waals surface area contributed by atoms with E-state index in [1.165, 1.54) is 55.6 Å². The standard InChI is InChI=1S/C112H102N4O26/c1-127-75-53-55-76(56-54-75)135-109-90(114-103(121)79-47-25-26-48-80(79)104(114)122)98(132-62-72-39-17-6-18-40-72)94(85(57-117)136-109)140-111-91(115-105(123)81-49-27-28-50-82(81)106(115)124)99(133-63-73-41-19-7-20-42-73)96(88(138-111)67-130-60-70-35-13-4-14-36-70)142-112-92(116-107(125)83-51-29-30-52-84(83)108(116)126)100(134-64-74-43-21-8-22-44-74)95(87(139-112)66-129-59-69-33-11-3-12-34-69)141-110-89(113-101(119)77-45-23-24-46-78(77)102(113)120)97(131-61-71-37-15-5-16-38-71)93(118)86(137-110)65-128-58-68-31-9-2-10-32-68/h2-56,85-100,109-112,117-118H,57-67H2,1H3/t85-,86-,87-,88-,89-,90-,91-,92-,93-,94-,95-,96-,97-,98-,99-,100-,109-,110+,111+,112+/m1/s1. The van der Waals surface area contributed by atoms with Crippen LogP contribution in [-0.4, -0.2) is 233 Å². The predicted octanol–water partition coefficient (Wildman–Crippen LogP) is 13.1. The molecule has 2 N–H and O–H groups in total. The molecule has 0 aliphatic carbocycles. The first-order valence-corrected chi connectivity index (χ1v) is 47.2.